The first-order valence-electron chi connectivity index (χ1n) is 8.20. The number of benzene rings is 2. The van der Waals surface area contributed by atoms with Gasteiger partial charge in [-0.05, 0) is 49.4 Å². The number of halogens is 1. The van der Waals surface area contributed by atoms with Gasteiger partial charge in [-0.25, -0.2) is 4.98 Å². The minimum absolute atomic E-state index is 0.177. The average molecular weight is 400 g/mol. The van der Waals surface area contributed by atoms with Crippen LogP contribution in [0.5, 0.6) is 5.75 Å². The second-order valence-electron chi connectivity index (χ2n) is 5.62. The Morgan fingerprint density at radius 3 is 2.81 bits per heavy atom. The lowest BCUT2D eigenvalue weighted by Crippen LogP contribution is -2.11. The maximum Gasteiger partial charge on any atom is 0.279 e. The van der Waals surface area contributed by atoms with Gasteiger partial charge in [0.25, 0.3) is 5.91 Å². The average Bonchev–Trinajstić information content (AvgIpc) is 3.29. The highest BCUT2D eigenvalue weighted by Gasteiger charge is 2.16. The molecular formula is C19H14ClN3O3S. The first-order chi connectivity index (χ1) is 13.1. The summed E-state index contributed by atoms with van der Waals surface area (Å²) in [5.74, 6) is 0.884. The van der Waals surface area contributed by atoms with Gasteiger partial charge in [0.2, 0.25) is 0 Å². The first-order valence-corrected chi connectivity index (χ1v) is 9.39. The Balaban J connectivity index is 1.50. The maximum absolute atomic E-state index is 12.4. The van der Waals surface area contributed by atoms with E-state index in [1.165, 1.54) is 11.3 Å². The topological polar surface area (TPSA) is 77.2 Å². The number of aromatic nitrogens is 2. The summed E-state index contributed by atoms with van der Waals surface area (Å²) in [5.41, 5.74) is 1.76. The molecule has 1 amide bonds. The van der Waals surface area contributed by atoms with Gasteiger partial charge in [-0.15, -0.1) is 0 Å². The van der Waals surface area contributed by atoms with Crippen LogP contribution in [-0.2, 0) is 0 Å². The van der Waals surface area contributed by atoms with Crippen molar-refractivity contribution in [1.29, 1.82) is 0 Å². The maximum atomic E-state index is 12.4. The number of anilines is 1. The summed E-state index contributed by atoms with van der Waals surface area (Å²) in [4.78, 5) is 16.8. The molecule has 0 spiro atoms. The van der Waals surface area contributed by atoms with Crippen molar-refractivity contribution in [3.63, 3.8) is 0 Å². The number of carbonyl (C=O) groups is 1. The van der Waals surface area contributed by atoms with E-state index in [1.807, 2.05) is 43.3 Å². The van der Waals surface area contributed by atoms with Crippen molar-refractivity contribution in [2.24, 2.45) is 0 Å². The molecule has 136 valence electrons. The highest BCUT2D eigenvalue weighted by Crippen LogP contribution is 2.29. The molecule has 0 aliphatic heterocycles. The van der Waals surface area contributed by atoms with Crippen LogP contribution in [0.25, 0.3) is 21.5 Å². The lowest BCUT2D eigenvalue weighted by Gasteiger charge is -2.02. The number of nitrogens with one attached hydrogen (secondary N) is 1. The van der Waals surface area contributed by atoms with Crippen molar-refractivity contribution in [3.8, 4) is 17.1 Å². The van der Waals surface area contributed by atoms with Gasteiger partial charge in [0, 0.05) is 16.7 Å². The number of rotatable bonds is 5. The van der Waals surface area contributed by atoms with Crippen LogP contribution < -0.4 is 10.1 Å². The molecule has 0 saturated heterocycles. The highest BCUT2D eigenvalue weighted by atomic mass is 35.5. The van der Waals surface area contributed by atoms with Crippen molar-refractivity contribution in [3.05, 3.63) is 59.2 Å². The van der Waals surface area contributed by atoms with Crippen LogP contribution in [0, 0.1) is 0 Å². The summed E-state index contributed by atoms with van der Waals surface area (Å²) in [5, 5.41) is 7.69. The fourth-order valence-electron chi connectivity index (χ4n) is 2.51. The highest BCUT2D eigenvalue weighted by molar-refractivity contribution is 7.22. The molecular weight excluding hydrogens is 386 g/mol. The zero-order chi connectivity index (χ0) is 18.8. The standard InChI is InChI=1S/C19H14ClN3O3S/c1-2-25-13-6-3-11(4-7-13)16-10-15(23-26-16)18(24)22-19-21-14-8-5-12(20)9-17(14)27-19/h3-10H,2H2,1H3,(H,21,22,24). The third-order valence-electron chi connectivity index (χ3n) is 3.76. The van der Waals surface area contributed by atoms with E-state index in [4.69, 9.17) is 20.9 Å². The first kappa shape index (κ1) is 17.5. The van der Waals surface area contributed by atoms with Crippen LogP contribution >= 0.6 is 22.9 Å². The summed E-state index contributed by atoms with van der Waals surface area (Å²) in [7, 11) is 0. The Hall–Kier alpha value is -2.90. The van der Waals surface area contributed by atoms with Gasteiger partial charge < -0.3 is 9.26 Å². The van der Waals surface area contributed by atoms with Gasteiger partial charge in [0.1, 0.15) is 5.75 Å². The van der Waals surface area contributed by atoms with Crippen molar-refractivity contribution >= 4 is 44.2 Å². The van der Waals surface area contributed by atoms with E-state index in [-0.39, 0.29) is 11.6 Å². The number of thiazole rings is 1. The molecule has 27 heavy (non-hydrogen) atoms. The molecule has 2 aromatic carbocycles. The quantitative estimate of drug-likeness (QED) is 0.495. The molecule has 0 bridgehead atoms. The van der Waals surface area contributed by atoms with Crippen LogP contribution in [0.2, 0.25) is 5.02 Å². The van der Waals surface area contributed by atoms with Crippen molar-refractivity contribution in [2.75, 3.05) is 11.9 Å². The number of amides is 1. The fraction of sp³-hybridized carbons (Fsp3) is 0.105. The van der Waals surface area contributed by atoms with Crippen LogP contribution in [0.1, 0.15) is 17.4 Å². The van der Waals surface area contributed by atoms with Gasteiger partial charge in [-0.1, -0.05) is 28.1 Å². The molecule has 0 aliphatic rings. The van der Waals surface area contributed by atoms with Crippen LogP contribution in [0.4, 0.5) is 5.13 Å². The molecule has 0 aliphatic carbocycles. The van der Waals surface area contributed by atoms with E-state index >= 15 is 0 Å². The molecule has 0 fully saturated rings. The monoisotopic (exact) mass is 399 g/mol. The molecule has 2 aromatic heterocycles. The number of carbonyl (C=O) groups excluding carboxylic acids is 1. The summed E-state index contributed by atoms with van der Waals surface area (Å²) in [6.45, 7) is 2.53. The van der Waals surface area contributed by atoms with E-state index in [9.17, 15) is 4.79 Å². The number of nitrogens with zero attached hydrogens (tertiary/aromatic N) is 2. The van der Waals surface area contributed by atoms with Gasteiger partial charge in [0.05, 0.1) is 16.8 Å². The van der Waals surface area contributed by atoms with E-state index in [2.05, 4.69) is 15.5 Å². The minimum Gasteiger partial charge on any atom is -0.494 e. The molecule has 6 nitrogen and oxygen atoms in total. The third kappa shape index (κ3) is 3.79. The van der Waals surface area contributed by atoms with Crippen molar-refractivity contribution in [2.45, 2.75) is 6.92 Å². The minimum atomic E-state index is -0.388. The molecule has 0 unspecified atom stereocenters. The fourth-order valence-corrected chi connectivity index (χ4v) is 3.65. The lowest BCUT2D eigenvalue weighted by molar-refractivity contribution is 0.101. The zero-order valence-electron chi connectivity index (χ0n) is 14.2. The number of fused-ring (bicyclic) bond motifs is 1. The summed E-state index contributed by atoms with van der Waals surface area (Å²) >= 11 is 7.32. The Labute approximate surface area is 163 Å². The van der Waals surface area contributed by atoms with Crippen molar-refractivity contribution in [1.82, 2.24) is 10.1 Å². The Bertz CT molecular complexity index is 1110. The van der Waals surface area contributed by atoms with Gasteiger partial charge in [-0.2, -0.15) is 0 Å². The van der Waals surface area contributed by atoms with E-state index in [1.54, 1.807) is 12.1 Å². The third-order valence-corrected chi connectivity index (χ3v) is 4.93. The molecule has 0 radical (unpaired) electrons. The molecule has 1 N–H and O–H groups in total. The largest absolute Gasteiger partial charge is 0.494 e. The molecule has 2 heterocycles. The van der Waals surface area contributed by atoms with E-state index < -0.39 is 0 Å². The van der Waals surface area contributed by atoms with E-state index in [0.29, 0.717) is 22.5 Å². The van der Waals surface area contributed by atoms with Gasteiger partial charge in [-0.3, -0.25) is 10.1 Å². The van der Waals surface area contributed by atoms with Crippen LogP contribution in [0.3, 0.4) is 0 Å². The van der Waals surface area contributed by atoms with Crippen LogP contribution in [0.15, 0.2) is 53.1 Å². The summed E-state index contributed by atoms with van der Waals surface area (Å²) in [6.07, 6.45) is 0. The Morgan fingerprint density at radius 2 is 2.04 bits per heavy atom. The molecule has 0 atom stereocenters. The number of ether oxygens (including phenoxy) is 1. The van der Waals surface area contributed by atoms with Crippen LogP contribution in [-0.4, -0.2) is 22.7 Å². The normalized spacial score (nSPS) is 10.9. The summed E-state index contributed by atoms with van der Waals surface area (Å²) < 4.78 is 11.6. The second-order valence-corrected chi connectivity index (χ2v) is 7.09. The van der Waals surface area contributed by atoms with Gasteiger partial charge >= 0.3 is 0 Å². The Kier molecular flexibility index (Phi) is 4.79. The Morgan fingerprint density at radius 1 is 1.22 bits per heavy atom. The van der Waals surface area contributed by atoms with Crippen molar-refractivity contribution < 1.29 is 14.1 Å². The second kappa shape index (κ2) is 7.38. The summed E-state index contributed by atoms with van der Waals surface area (Å²) in [6, 6.07) is 14.4. The molecule has 4 rings (SSSR count). The molecule has 4 aromatic rings. The van der Waals surface area contributed by atoms with Gasteiger partial charge in [0.15, 0.2) is 16.6 Å². The molecule has 0 saturated carbocycles. The lowest BCUT2D eigenvalue weighted by atomic mass is 10.1. The SMILES string of the molecule is CCOc1ccc(-c2cc(C(=O)Nc3nc4ccc(Cl)cc4s3)no2)cc1. The predicted octanol–water partition coefficient (Wildman–Crippen LogP) is 5.26. The number of hydrogen-bond donors (Lipinski definition) is 1. The zero-order valence-corrected chi connectivity index (χ0v) is 15.8. The predicted molar refractivity (Wildman–Crippen MR) is 106 cm³/mol. The van der Waals surface area contributed by atoms with E-state index in [0.717, 1.165) is 21.5 Å². The number of hydrogen-bond acceptors (Lipinski definition) is 6. The molecule has 8 heteroatoms. The smallest absolute Gasteiger partial charge is 0.279 e.